The lowest BCUT2D eigenvalue weighted by Gasteiger charge is -2.06. The van der Waals surface area contributed by atoms with Gasteiger partial charge in [0.15, 0.2) is 0 Å². The summed E-state index contributed by atoms with van der Waals surface area (Å²) < 4.78 is 6.43. The van der Waals surface area contributed by atoms with E-state index in [1.54, 1.807) is 24.3 Å². The van der Waals surface area contributed by atoms with Crippen molar-refractivity contribution < 1.29 is 9.53 Å². The van der Waals surface area contributed by atoms with Gasteiger partial charge in [-0.2, -0.15) is 0 Å². The van der Waals surface area contributed by atoms with E-state index in [-0.39, 0.29) is 11.4 Å². The molecule has 0 spiro atoms. The summed E-state index contributed by atoms with van der Waals surface area (Å²) in [6.07, 6.45) is 1.54. The second-order valence-electron chi connectivity index (χ2n) is 3.19. The third-order valence-corrected chi connectivity index (χ3v) is 2.74. The lowest BCUT2D eigenvalue weighted by atomic mass is 10.3. The number of carbonyl (C=O) groups is 1. The van der Waals surface area contributed by atoms with E-state index in [0.717, 1.165) is 4.47 Å². The number of hydrogen-bond acceptors (Lipinski definition) is 3. The summed E-state index contributed by atoms with van der Waals surface area (Å²) in [5, 5.41) is -0.592. The Hall–Kier alpha value is -1.39. The van der Waals surface area contributed by atoms with Crippen LogP contribution < -0.4 is 4.74 Å². The minimum atomic E-state index is -0.592. The van der Waals surface area contributed by atoms with Crippen LogP contribution in [0.5, 0.6) is 11.6 Å². The number of aromatic nitrogens is 1. The van der Waals surface area contributed by atoms with E-state index < -0.39 is 5.24 Å². The van der Waals surface area contributed by atoms with E-state index in [1.807, 2.05) is 12.1 Å². The summed E-state index contributed by atoms with van der Waals surface area (Å²) in [5.41, 5.74) is 0.247. The number of benzene rings is 1. The van der Waals surface area contributed by atoms with Crippen molar-refractivity contribution in [2.75, 3.05) is 0 Å². The minimum Gasteiger partial charge on any atom is -0.438 e. The summed E-state index contributed by atoms with van der Waals surface area (Å²) in [6, 6.07) is 10.4. The van der Waals surface area contributed by atoms with Crippen LogP contribution in [0.3, 0.4) is 0 Å². The van der Waals surface area contributed by atoms with Crippen molar-refractivity contribution >= 4 is 32.8 Å². The van der Waals surface area contributed by atoms with Crippen molar-refractivity contribution in [1.82, 2.24) is 4.98 Å². The Kier molecular flexibility index (Phi) is 3.76. The first-order valence-corrected chi connectivity index (χ1v) is 5.92. The average molecular weight is 313 g/mol. The highest BCUT2D eigenvalue weighted by molar-refractivity contribution is 9.10. The molecule has 2 aromatic rings. The molecule has 1 aromatic carbocycles. The molecule has 0 saturated heterocycles. The van der Waals surface area contributed by atoms with Crippen molar-refractivity contribution in [3.05, 3.63) is 52.6 Å². The molecular formula is C12H7BrClNO2. The molecule has 0 fully saturated rings. The molecule has 0 amide bonds. The van der Waals surface area contributed by atoms with Gasteiger partial charge in [-0.05, 0) is 48.0 Å². The molecule has 0 aliphatic heterocycles. The molecule has 3 nitrogen and oxygen atoms in total. The number of carbonyl (C=O) groups excluding carboxylic acids is 1. The fourth-order valence-corrected chi connectivity index (χ4v) is 1.64. The summed E-state index contributed by atoms with van der Waals surface area (Å²) >= 11 is 8.76. The Morgan fingerprint density at radius 3 is 2.59 bits per heavy atom. The van der Waals surface area contributed by atoms with Gasteiger partial charge in [-0.3, -0.25) is 4.79 Å². The monoisotopic (exact) mass is 311 g/mol. The molecule has 0 saturated carbocycles. The van der Waals surface area contributed by atoms with Gasteiger partial charge in [0.25, 0.3) is 5.24 Å². The standard InChI is InChI=1S/C12H7BrClNO2/c13-8-3-5-9(6-4-8)17-12-10(11(14)16)2-1-7-15-12/h1-7H. The fourth-order valence-electron chi connectivity index (χ4n) is 1.24. The topological polar surface area (TPSA) is 39.2 Å². The van der Waals surface area contributed by atoms with Gasteiger partial charge in [-0.25, -0.2) is 4.98 Å². The van der Waals surface area contributed by atoms with Crippen molar-refractivity contribution in [2.45, 2.75) is 0 Å². The van der Waals surface area contributed by atoms with Crippen molar-refractivity contribution in [1.29, 1.82) is 0 Å². The Bertz CT molecular complexity index is 542. The Balaban J connectivity index is 2.30. The van der Waals surface area contributed by atoms with Gasteiger partial charge in [0.05, 0.1) is 5.56 Å². The normalized spacial score (nSPS) is 10.0. The third-order valence-electron chi connectivity index (χ3n) is 2.01. The van der Waals surface area contributed by atoms with Crippen LogP contribution in [0.1, 0.15) is 10.4 Å². The van der Waals surface area contributed by atoms with Crippen LogP contribution in [-0.2, 0) is 0 Å². The second kappa shape index (κ2) is 5.29. The highest BCUT2D eigenvalue weighted by Crippen LogP contribution is 2.25. The zero-order chi connectivity index (χ0) is 12.3. The molecule has 0 bridgehead atoms. The van der Waals surface area contributed by atoms with Gasteiger partial charge in [0, 0.05) is 10.7 Å². The fraction of sp³-hybridized carbons (Fsp3) is 0. The maximum atomic E-state index is 11.1. The summed E-state index contributed by atoms with van der Waals surface area (Å²) in [5.74, 6) is 0.792. The molecule has 5 heteroatoms. The van der Waals surface area contributed by atoms with Crippen LogP contribution >= 0.6 is 27.5 Å². The molecule has 0 atom stereocenters. The third kappa shape index (κ3) is 3.05. The number of halogens is 2. The van der Waals surface area contributed by atoms with E-state index in [4.69, 9.17) is 16.3 Å². The summed E-state index contributed by atoms with van der Waals surface area (Å²) in [4.78, 5) is 15.1. The van der Waals surface area contributed by atoms with Crippen LogP contribution in [0.15, 0.2) is 47.1 Å². The van der Waals surface area contributed by atoms with Gasteiger partial charge in [-0.15, -0.1) is 0 Å². The van der Waals surface area contributed by atoms with Gasteiger partial charge < -0.3 is 4.74 Å². The lowest BCUT2D eigenvalue weighted by molar-refractivity contribution is 0.107. The predicted octanol–water partition coefficient (Wildman–Crippen LogP) is 4.02. The summed E-state index contributed by atoms with van der Waals surface area (Å²) in [7, 11) is 0. The molecule has 17 heavy (non-hydrogen) atoms. The number of rotatable bonds is 3. The maximum absolute atomic E-state index is 11.1. The number of pyridine rings is 1. The molecular weight excluding hydrogens is 305 g/mol. The lowest BCUT2D eigenvalue weighted by Crippen LogP contribution is -1.97. The largest absolute Gasteiger partial charge is 0.438 e. The first-order chi connectivity index (χ1) is 8.16. The van der Waals surface area contributed by atoms with Crippen molar-refractivity contribution in [2.24, 2.45) is 0 Å². The van der Waals surface area contributed by atoms with Crippen LogP contribution in [0.4, 0.5) is 0 Å². The van der Waals surface area contributed by atoms with Gasteiger partial charge in [-0.1, -0.05) is 15.9 Å². The summed E-state index contributed by atoms with van der Waals surface area (Å²) in [6.45, 7) is 0. The van der Waals surface area contributed by atoms with E-state index >= 15 is 0 Å². The van der Waals surface area contributed by atoms with Crippen molar-refractivity contribution in [3.63, 3.8) is 0 Å². The van der Waals surface area contributed by atoms with E-state index in [9.17, 15) is 4.79 Å². The molecule has 0 unspecified atom stereocenters. The number of nitrogens with zero attached hydrogens (tertiary/aromatic N) is 1. The van der Waals surface area contributed by atoms with Crippen LogP contribution in [0.25, 0.3) is 0 Å². The van der Waals surface area contributed by atoms with E-state index in [2.05, 4.69) is 20.9 Å². The Morgan fingerprint density at radius 2 is 1.94 bits per heavy atom. The molecule has 0 radical (unpaired) electrons. The van der Waals surface area contributed by atoms with Crippen LogP contribution in [0.2, 0.25) is 0 Å². The molecule has 0 N–H and O–H groups in total. The average Bonchev–Trinajstić information content (AvgIpc) is 2.32. The number of hydrogen-bond donors (Lipinski definition) is 0. The molecule has 1 heterocycles. The first-order valence-electron chi connectivity index (χ1n) is 4.75. The Morgan fingerprint density at radius 1 is 1.24 bits per heavy atom. The molecule has 86 valence electrons. The van der Waals surface area contributed by atoms with E-state index in [0.29, 0.717) is 5.75 Å². The minimum absolute atomic E-state index is 0.204. The predicted molar refractivity (Wildman–Crippen MR) is 68.6 cm³/mol. The van der Waals surface area contributed by atoms with Gasteiger partial charge >= 0.3 is 0 Å². The van der Waals surface area contributed by atoms with Gasteiger partial charge in [0.2, 0.25) is 5.88 Å². The van der Waals surface area contributed by atoms with E-state index in [1.165, 1.54) is 6.20 Å². The van der Waals surface area contributed by atoms with Crippen molar-refractivity contribution in [3.8, 4) is 11.6 Å². The molecule has 0 aliphatic carbocycles. The number of ether oxygens (including phenoxy) is 1. The molecule has 2 rings (SSSR count). The zero-order valence-electron chi connectivity index (χ0n) is 8.56. The molecule has 1 aromatic heterocycles. The van der Waals surface area contributed by atoms with Crippen LogP contribution in [-0.4, -0.2) is 10.2 Å². The van der Waals surface area contributed by atoms with Gasteiger partial charge in [0.1, 0.15) is 5.75 Å². The maximum Gasteiger partial charge on any atom is 0.257 e. The SMILES string of the molecule is O=C(Cl)c1cccnc1Oc1ccc(Br)cc1. The Labute approximate surface area is 112 Å². The highest BCUT2D eigenvalue weighted by atomic mass is 79.9. The first kappa shape index (κ1) is 12.1. The zero-order valence-corrected chi connectivity index (χ0v) is 10.9. The second-order valence-corrected chi connectivity index (χ2v) is 4.44. The van der Waals surface area contributed by atoms with Crippen LogP contribution in [0, 0.1) is 0 Å². The quantitative estimate of drug-likeness (QED) is 0.804. The smallest absolute Gasteiger partial charge is 0.257 e. The highest BCUT2D eigenvalue weighted by Gasteiger charge is 2.11. The molecule has 0 aliphatic rings.